The molecule has 0 fully saturated rings. The predicted molar refractivity (Wildman–Crippen MR) is 77.7 cm³/mol. The lowest BCUT2D eigenvalue weighted by atomic mass is 10.2. The molecule has 0 unspecified atom stereocenters. The molecule has 108 valence electrons. The van der Waals surface area contributed by atoms with E-state index in [1.807, 2.05) is 0 Å². The van der Waals surface area contributed by atoms with Crippen molar-refractivity contribution in [3.63, 3.8) is 0 Å². The van der Waals surface area contributed by atoms with Gasteiger partial charge < -0.3 is 9.47 Å². The standard InChI is InChI=1S/C14H17NO4S/c1-5-18-12(16)7-6-10-8-11(20-9-10)15-13(17)19-14(2,3)4/h8-9H,5H2,1-4H3,(H,15,17). The SMILES string of the molecule is CCOC(=O)C#Cc1csc(NC(=O)OC(C)(C)C)c1. The molecular formula is C14H17NO4S. The molecule has 0 radical (unpaired) electrons. The second-order valence-electron chi connectivity index (χ2n) is 4.80. The zero-order valence-electron chi connectivity index (χ0n) is 11.9. The third-order valence-electron chi connectivity index (χ3n) is 1.81. The minimum Gasteiger partial charge on any atom is -0.456 e. The van der Waals surface area contributed by atoms with Gasteiger partial charge >= 0.3 is 12.1 Å². The van der Waals surface area contributed by atoms with Crippen LogP contribution in [0.15, 0.2) is 11.4 Å². The van der Waals surface area contributed by atoms with Gasteiger partial charge in [-0.05, 0) is 33.8 Å². The zero-order valence-corrected chi connectivity index (χ0v) is 12.7. The van der Waals surface area contributed by atoms with Gasteiger partial charge in [0.2, 0.25) is 0 Å². The Morgan fingerprint density at radius 2 is 2.10 bits per heavy atom. The predicted octanol–water partition coefficient (Wildman–Crippen LogP) is 3.01. The minimum absolute atomic E-state index is 0.294. The number of carbonyl (C=O) groups is 2. The second kappa shape index (κ2) is 6.96. The van der Waals surface area contributed by atoms with E-state index >= 15 is 0 Å². The van der Waals surface area contributed by atoms with Crippen molar-refractivity contribution in [1.82, 2.24) is 0 Å². The van der Waals surface area contributed by atoms with Crippen LogP contribution in [0.2, 0.25) is 0 Å². The fraction of sp³-hybridized carbons (Fsp3) is 0.429. The van der Waals surface area contributed by atoms with E-state index in [2.05, 4.69) is 17.2 Å². The van der Waals surface area contributed by atoms with Crippen LogP contribution in [-0.4, -0.2) is 24.3 Å². The van der Waals surface area contributed by atoms with Crippen LogP contribution in [0.3, 0.4) is 0 Å². The van der Waals surface area contributed by atoms with Crippen LogP contribution in [0.25, 0.3) is 0 Å². The first-order valence-corrected chi connectivity index (χ1v) is 6.95. The number of anilines is 1. The van der Waals surface area contributed by atoms with Gasteiger partial charge in [-0.3, -0.25) is 5.32 Å². The first kappa shape index (κ1) is 16.1. The van der Waals surface area contributed by atoms with Crippen LogP contribution in [0.1, 0.15) is 33.3 Å². The van der Waals surface area contributed by atoms with Crippen molar-refractivity contribution in [1.29, 1.82) is 0 Å². The molecule has 6 heteroatoms. The Bertz CT molecular complexity index is 546. The maximum atomic E-state index is 11.6. The van der Waals surface area contributed by atoms with Crippen LogP contribution in [-0.2, 0) is 14.3 Å². The van der Waals surface area contributed by atoms with E-state index in [-0.39, 0.29) is 0 Å². The zero-order chi connectivity index (χ0) is 15.2. The number of ether oxygens (including phenoxy) is 2. The molecule has 1 N–H and O–H groups in total. The lowest BCUT2D eigenvalue weighted by Gasteiger charge is -2.19. The highest BCUT2D eigenvalue weighted by molar-refractivity contribution is 7.14. The van der Waals surface area contributed by atoms with Crippen LogP contribution in [0, 0.1) is 11.8 Å². The molecule has 0 spiro atoms. The fourth-order valence-electron chi connectivity index (χ4n) is 1.16. The van der Waals surface area contributed by atoms with E-state index in [4.69, 9.17) is 9.47 Å². The molecule has 0 atom stereocenters. The van der Waals surface area contributed by atoms with Crippen LogP contribution < -0.4 is 5.32 Å². The second-order valence-corrected chi connectivity index (χ2v) is 5.71. The third-order valence-corrected chi connectivity index (χ3v) is 2.65. The van der Waals surface area contributed by atoms with Gasteiger partial charge in [0.25, 0.3) is 0 Å². The van der Waals surface area contributed by atoms with Crippen molar-refractivity contribution >= 4 is 28.4 Å². The Morgan fingerprint density at radius 3 is 2.70 bits per heavy atom. The number of hydrogen-bond acceptors (Lipinski definition) is 5. The number of rotatable bonds is 2. The van der Waals surface area contributed by atoms with E-state index in [0.717, 1.165) is 0 Å². The Kier molecular flexibility index (Phi) is 5.59. The largest absolute Gasteiger partial charge is 0.456 e. The fourth-order valence-corrected chi connectivity index (χ4v) is 1.88. The molecule has 0 aliphatic rings. The van der Waals surface area contributed by atoms with Gasteiger partial charge in [0.1, 0.15) is 5.60 Å². The lowest BCUT2D eigenvalue weighted by Crippen LogP contribution is -2.26. The van der Waals surface area contributed by atoms with Crippen molar-refractivity contribution < 1.29 is 19.1 Å². The monoisotopic (exact) mass is 295 g/mol. The number of nitrogens with one attached hydrogen (secondary N) is 1. The summed E-state index contributed by atoms with van der Waals surface area (Å²) in [6.07, 6.45) is -0.524. The summed E-state index contributed by atoms with van der Waals surface area (Å²) < 4.78 is 9.82. The summed E-state index contributed by atoms with van der Waals surface area (Å²) in [5.41, 5.74) is 0.0857. The molecule has 5 nitrogen and oxygen atoms in total. The first-order chi connectivity index (χ1) is 9.30. The third kappa shape index (κ3) is 6.25. The number of amides is 1. The lowest BCUT2D eigenvalue weighted by molar-refractivity contribution is -0.136. The molecule has 0 aliphatic carbocycles. The van der Waals surface area contributed by atoms with E-state index < -0.39 is 17.7 Å². The van der Waals surface area contributed by atoms with Gasteiger partial charge in [-0.25, -0.2) is 9.59 Å². The Balaban J connectivity index is 2.60. The van der Waals surface area contributed by atoms with Gasteiger partial charge in [0, 0.05) is 16.9 Å². The number of hydrogen-bond donors (Lipinski definition) is 1. The number of thiophene rings is 1. The van der Waals surface area contributed by atoms with Crippen molar-refractivity contribution in [2.75, 3.05) is 11.9 Å². The smallest absolute Gasteiger partial charge is 0.412 e. The van der Waals surface area contributed by atoms with E-state index in [0.29, 0.717) is 17.2 Å². The maximum Gasteiger partial charge on any atom is 0.412 e. The Morgan fingerprint density at radius 1 is 1.40 bits per heavy atom. The summed E-state index contributed by atoms with van der Waals surface area (Å²) in [5.74, 6) is 4.45. The van der Waals surface area contributed by atoms with Crippen LogP contribution in [0.5, 0.6) is 0 Å². The summed E-state index contributed by atoms with van der Waals surface area (Å²) in [4.78, 5) is 22.6. The van der Waals surface area contributed by atoms with Crippen molar-refractivity contribution in [2.45, 2.75) is 33.3 Å². The summed E-state index contributed by atoms with van der Waals surface area (Å²) in [6.45, 7) is 7.38. The molecule has 1 aromatic heterocycles. The molecule has 0 aromatic carbocycles. The number of carbonyl (C=O) groups excluding carboxylic acids is 2. The first-order valence-electron chi connectivity index (χ1n) is 6.07. The average Bonchev–Trinajstić information content (AvgIpc) is 2.71. The summed E-state index contributed by atoms with van der Waals surface area (Å²) in [7, 11) is 0. The maximum absolute atomic E-state index is 11.6. The highest BCUT2D eigenvalue weighted by Gasteiger charge is 2.16. The van der Waals surface area contributed by atoms with Gasteiger partial charge in [-0.1, -0.05) is 5.92 Å². The average molecular weight is 295 g/mol. The summed E-state index contributed by atoms with van der Waals surface area (Å²) >= 11 is 1.30. The molecule has 1 rings (SSSR count). The minimum atomic E-state index is -0.569. The van der Waals surface area contributed by atoms with Gasteiger partial charge in [-0.15, -0.1) is 11.3 Å². The molecule has 0 saturated carbocycles. The van der Waals surface area contributed by atoms with E-state index in [1.54, 1.807) is 39.1 Å². The van der Waals surface area contributed by atoms with Crippen LogP contribution >= 0.6 is 11.3 Å². The topological polar surface area (TPSA) is 64.6 Å². The van der Waals surface area contributed by atoms with Crippen molar-refractivity contribution in [3.8, 4) is 11.8 Å². The quantitative estimate of drug-likeness (QED) is 0.673. The normalized spacial score (nSPS) is 10.2. The van der Waals surface area contributed by atoms with Crippen molar-refractivity contribution in [3.05, 3.63) is 17.0 Å². The molecule has 0 bridgehead atoms. The molecule has 1 heterocycles. The molecular weight excluding hydrogens is 278 g/mol. The molecule has 20 heavy (non-hydrogen) atoms. The van der Waals surface area contributed by atoms with E-state index in [1.165, 1.54) is 11.3 Å². The van der Waals surface area contributed by atoms with Gasteiger partial charge in [0.15, 0.2) is 0 Å². The van der Waals surface area contributed by atoms with Gasteiger partial charge in [-0.2, -0.15) is 0 Å². The summed E-state index contributed by atoms with van der Waals surface area (Å²) in [6, 6.07) is 1.67. The Labute approximate surface area is 122 Å². The number of esters is 1. The van der Waals surface area contributed by atoms with Gasteiger partial charge in [0.05, 0.1) is 11.6 Å². The molecule has 0 aliphatic heterocycles. The van der Waals surface area contributed by atoms with Crippen LogP contribution in [0.4, 0.5) is 9.80 Å². The highest BCUT2D eigenvalue weighted by Crippen LogP contribution is 2.20. The molecule has 1 amide bonds. The molecule has 1 aromatic rings. The highest BCUT2D eigenvalue weighted by atomic mass is 32.1. The Hall–Kier alpha value is -2.00. The van der Waals surface area contributed by atoms with Crippen molar-refractivity contribution in [2.24, 2.45) is 0 Å². The summed E-state index contributed by atoms with van der Waals surface area (Å²) in [5, 5.41) is 4.94. The van der Waals surface area contributed by atoms with E-state index in [9.17, 15) is 9.59 Å². The molecule has 0 saturated heterocycles.